The third-order valence-electron chi connectivity index (χ3n) is 4.58. The molecule has 0 aromatic heterocycles. The van der Waals surface area contributed by atoms with E-state index >= 15 is 0 Å². The number of piperidine rings is 3. The molecule has 1 unspecified atom stereocenters. The number of ether oxygens (including phenoxy) is 1. The third kappa shape index (κ3) is 4.41. The minimum Gasteiger partial charge on any atom is -0.362 e. The van der Waals surface area contributed by atoms with Gasteiger partial charge in [0.05, 0.1) is 0 Å². The first-order valence-corrected chi connectivity index (χ1v) is 8.01. The number of hydrogen-bond acceptors (Lipinski definition) is 4. The van der Waals surface area contributed by atoms with Crippen molar-refractivity contribution >= 4 is 11.8 Å². The summed E-state index contributed by atoms with van der Waals surface area (Å²) in [4.78, 5) is 27.7. The molecule has 3 aliphatic heterocycles. The topological polar surface area (TPSA) is 61.9 Å². The van der Waals surface area contributed by atoms with E-state index in [-0.39, 0.29) is 31.1 Å². The smallest absolute Gasteiger partial charge is 0.248 e. The average Bonchev–Trinajstić information content (AvgIpc) is 2.49. The maximum Gasteiger partial charge on any atom is 0.248 e. The van der Waals surface area contributed by atoms with Crippen molar-refractivity contribution in [3.05, 3.63) is 0 Å². The molecule has 0 aromatic carbocycles. The lowest BCUT2D eigenvalue weighted by atomic mass is 9.84. The zero-order chi connectivity index (χ0) is 15.2. The largest absolute Gasteiger partial charge is 0.362 e. The van der Waals surface area contributed by atoms with E-state index < -0.39 is 0 Å². The van der Waals surface area contributed by atoms with Crippen LogP contribution in [0.5, 0.6) is 0 Å². The van der Waals surface area contributed by atoms with Crippen molar-refractivity contribution in [3.8, 4) is 0 Å². The van der Waals surface area contributed by atoms with Gasteiger partial charge in [0.1, 0.15) is 13.2 Å². The highest BCUT2D eigenvalue weighted by molar-refractivity contribution is 5.79. The molecule has 1 N–H and O–H groups in total. The second-order valence-corrected chi connectivity index (χ2v) is 5.87. The number of amides is 2. The molecule has 3 saturated heterocycles. The normalized spacial score (nSPS) is 27.4. The predicted octanol–water partition coefficient (Wildman–Crippen LogP) is 0.0818. The van der Waals surface area contributed by atoms with Gasteiger partial charge in [0.15, 0.2) is 0 Å². The molecule has 6 nitrogen and oxygen atoms in total. The molecule has 1 atom stereocenters. The van der Waals surface area contributed by atoms with Crippen LogP contribution < -0.4 is 5.32 Å². The monoisotopic (exact) mass is 297 g/mol. The minimum absolute atomic E-state index is 0.0185. The summed E-state index contributed by atoms with van der Waals surface area (Å²) < 4.78 is 5.25. The first kappa shape index (κ1) is 16.2. The summed E-state index contributed by atoms with van der Waals surface area (Å²) in [6, 6.07) is 0.252. The highest BCUT2D eigenvalue weighted by Crippen LogP contribution is 2.27. The fourth-order valence-electron chi connectivity index (χ4n) is 3.28. The number of hydrogen-bond donors (Lipinski definition) is 1. The van der Waals surface area contributed by atoms with Crippen molar-refractivity contribution in [2.24, 2.45) is 5.92 Å². The van der Waals surface area contributed by atoms with Crippen molar-refractivity contribution in [1.82, 2.24) is 15.1 Å². The van der Waals surface area contributed by atoms with E-state index in [1.54, 1.807) is 4.90 Å². The zero-order valence-corrected chi connectivity index (χ0v) is 13.1. The SMILES string of the molecule is CCN(CC)C(=O)COCC(=O)NC1CN2CCC1CC2. The zero-order valence-electron chi connectivity index (χ0n) is 13.1. The molecular weight excluding hydrogens is 270 g/mol. The van der Waals surface area contributed by atoms with E-state index in [1.165, 1.54) is 12.8 Å². The van der Waals surface area contributed by atoms with Crippen LogP contribution in [0, 0.1) is 5.92 Å². The molecule has 3 fully saturated rings. The van der Waals surface area contributed by atoms with Gasteiger partial charge in [0, 0.05) is 25.7 Å². The molecule has 0 radical (unpaired) electrons. The summed E-state index contributed by atoms with van der Waals surface area (Å²) in [6.45, 7) is 8.43. The van der Waals surface area contributed by atoms with E-state index in [2.05, 4.69) is 10.2 Å². The Balaban J connectivity index is 1.65. The van der Waals surface area contributed by atoms with Gasteiger partial charge < -0.3 is 19.9 Å². The molecule has 3 rings (SSSR count). The first-order valence-electron chi connectivity index (χ1n) is 8.01. The van der Waals surface area contributed by atoms with Gasteiger partial charge in [0.2, 0.25) is 11.8 Å². The fourth-order valence-corrected chi connectivity index (χ4v) is 3.28. The number of carbonyl (C=O) groups excluding carboxylic acids is 2. The molecule has 21 heavy (non-hydrogen) atoms. The summed E-state index contributed by atoms with van der Waals surface area (Å²) in [5, 5.41) is 3.05. The Bertz CT molecular complexity index is 363. The summed E-state index contributed by atoms with van der Waals surface area (Å²) in [5.74, 6) is 0.438. The lowest BCUT2D eigenvalue weighted by molar-refractivity contribution is -0.138. The van der Waals surface area contributed by atoms with Crippen LogP contribution in [0.15, 0.2) is 0 Å². The molecule has 3 heterocycles. The van der Waals surface area contributed by atoms with Crippen molar-refractivity contribution in [2.45, 2.75) is 32.7 Å². The minimum atomic E-state index is -0.110. The van der Waals surface area contributed by atoms with E-state index in [0.717, 1.165) is 19.6 Å². The lowest BCUT2D eigenvalue weighted by Gasteiger charge is -2.44. The van der Waals surface area contributed by atoms with Crippen LogP contribution >= 0.6 is 0 Å². The van der Waals surface area contributed by atoms with Crippen molar-refractivity contribution < 1.29 is 14.3 Å². The van der Waals surface area contributed by atoms with Gasteiger partial charge in [-0.1, -0.05) is 0 Å². The van der Waals surface area contributed by atoms with Gasteiger partial charge in [-0.3, -0.25) is 9.59 Å². The number of rotatable bonds is 7. The van der Waals surface area contributed by atoms with Crippen LogP contribution in [0.4, 0.5) is 0 Å². The Labute approximate surface area is 126 Å². The van der Waals surface area contributed by atoms with Crippen LogP contribution in [0.2, 0.25) is 0 Å². The average molecular weight is 297 g/mol. The Hall–Kier alpha value is -1.14. The Morgan fingerprint density at radius 1 is 1.19 bits per heavy atom. The number of nitrogens with one attached hydrogen (secondary N) is 1. The van der Waals surface area contributed by atoms with Gasteiger partial charge in [-0.05, 0) is 45.7 Å². The van der Waals surface area contributed by atoms with E-state index in [1.807, 2.05) is 13.8 Å². The van der Waals surface area contributed by atoms with Crippen molar-refractivity contribution in [1.29, 1.82) is 0 Å². The standard InChI is InChI=1S/C15H27N3O3/c1-3-18(4-2)15(20)11-21-10-14(19)16-13-9-17-7-5-12(13)6-8-17/h12-13H,3-11H2,1-2H3,(H,16,19). The number of likely N-dealkylation sites (N-methyl/N-ethyl adjacent to an activating group) is 1. The Morgan fingerprint density at radius 2 is 1.86 bits per heavy atom. The number of nitrogens with zero attached hydrogens (tertiary/aromatic N) is 2. The van der Waals surface area contributed by atoms with E-state index in [4.69, 9.17) is 4.74 Å². The van der Waals surface area contributed by atoms with Crippen LogP contribution in [0.3, 0.4) is 0 Å². The van der Waals surface area contributed by atoms with Crippen LogP contribution in [0.25, 0.3) is 0 Å². The second kappa shape index (κ2) is 7.75. The van der Waals surface area contributed by atoms with Crippen LogP contribution in [0.1, 0.15) is 26.7 Å². The van der Waals surface area contributed by atoms with Crippen LogP contribution in [-0.2, 0) is 14.3 Å². The predicted molar refractivity (Wildman–Crippen MR) is 79.8 cm³/mol. The summed E-state index contributed by atoms with van der Waals surface area (Å²) in [6.07, 6.45) is 2.35. The molecule has 6 heteroatoms. The molecule has 120 valence electrons. The Morgan fingerprint density at radius 3 is 2.38 bits per heavy atom. The summed E-state index contributed by atoms with van der Waals surface area (Å²) >= 11 is 0. The Kier molecular flexibility index (Phi) is 5.99. The molecule has 0 aromatic rings. The van der Waals surface area contributed by atoms with Crippen molar-refractivity contribution in [3.63, 3.8) is 0 Å². The molecule has 0 spiro atoms. The highest BCUT2D eigenvalue weighted by Gasteiger charge is 2.34. The second-order valence-electron chi connectivity index (χ2n) is 5.87. The molecule has 3 aliphatic rings. The fraction of sp³-hybridized carbons (Fsp3) is 0.867. The van der Waals surface area contributed by atoms with Gasteiger partial charge in [-0.25, -0.2) is 0 Å². The third-order valence-corrected chi connectivity index (χ3v) is 4.58. The van der Waals surface area contributed by atoms with Gasteiger partial charge in [-0.15, -0.1) is 0 Å². The highest BCUT2D eigenvalue weighted by atomic mass is 16.5. The summed E-state index contributed by atoms with van der Waals surface area (Å²) in [5.41, 5.74) is 0. The quantitative estimate of drug-likeness (QED) is 0.723. The number of fused-ring (bicyclic) bond motifs is 3. The van der Waals surface area contributed by atoms with Gasteiger partial charge in [-0.2, -0.15) is 0 Å². The molecule has 0 saturated carbocycles. The molecule has 2 bridgehead atoms. The molecule has 0 aliphatic carbocycles. The maximum absolute atomic E-state index is 11.9. The molecular formula is C15H27N3O3. The van der Waals surface area contributed by atoms with Gasteiger partial charge >= 0.3 is 0 Å². The van der Waals surface area contributed by atoms with Crippen molar-refractivity contribution in [2.75, 3.05) is 45.9 Å². The lowest BCUT2D eigenvalue weighted by Crippen LogP contribution is -2.57. The maximum atomic E-state index is 11.9. The molecule has 2 amide bonds. The first-order chi connectivity index (χ1) is 10.1. The van der Waals surface area contributed by atoms with Crippen LogP contribution in [-0.4, -0.2) is 73.6 Å². The summed E-state index contributed by atoms with van der Waals surface area (Å²) in [7, 11) is 0. The number of carbonyl (C=O) groups is 2. The van der Waals surface area contributed by atoms with E-state index in [0.29, 0.717) is 19.0 Å². The van der Waals surface area contributed by atoms with Gasteiger partial charge in [0.25, 0.3) is 0 Å². The van der Waals surface area contributed by atoms with E-state index in [9.17, 15) is 9.59 Å².